The number of hydrogen-bond donors (Lipinski definition) is 1. The number of hydrogen-bond acceptors (Lipinski definition) is 4. The highest BCUT2D eigenvalue weighted by Crippen LogP contribution is 2.25. The smallest absolute Gasteiger partial charge is 0.254 e. The molecule has 1 N–H and O–H groups in total. The van der Waals surface area contributed by atoms with Crippen molar-refractivity contribution in [3.05, 3.63) is 53.1 Å². The second-order valence-electron chi connectivity index (χ2n) is 7.11. The molecule has 0 aromatic heterocycles. The lowest BCUT2D eigenvalue weighted by Crippen LogP contribution is -2.42. The van der Waals surface area contributed by atoms with Crippen molar-refractivity contribution in [1.82, 2.24) is 4.90 Å². The van der Waals surface area contributed by atoms with Crippen LogP contribution in [-0.4, -0.2) is 44.2 Å². The van der Waals surface area contributed by atoms with Crippen LogP contribution >= 0.6 is 0 Å². The molecule has 1 fully saturated rings. The summed E-state index contributed by atoms with van der Waals surface area (Å²) >= 11 is 0. The average molecular weight is 368 g/mol. The van der Waals surface area contributed by atoms with Crippen LogP contribution in [-0.2, 0) is 0 Å². The van der Waals surface area contributed by atoms with E-state index >= 15 is 0 Å². The van der Waals surface area contributed by atoms with Gasteiger partial charge in [0.2, 0.25) is 0 Å². The molecule has 5 heteroatoms. The Balaban J connectivity index is 1.61. The number of nitrogens with zero attached hydrogens (tertiary/aromatic N) is 1. The van der Waals surface area contributed by atoms with Crippen LogP contribution in [0.25, 0.3) is 0 Å². The second kappa shape index (κ2) is 8.33. The molecule has 1 amide bonds. The van der Waals surface area contributed by atoms with Crippen LogP contribution in [0.15, 0.2) is 36.4 Å². The third kappa shape index (κ3) is 4.54. The summed E-state index contributed by atoms with van der Waals surface area (Å²) in [7, 11) is 3.18. The molecule has 27 heavy (non-hydrogen) atoms. The highest BCUT2D eigenvalue weighted by molar-refractivity contribution is 5.95. The average Bonchev–Trinajstić information content (AvgIpc) is 2.70. The molecule has 2 aromatic rings. The molecule has 0 bridgehead atoms. The van der Waals surface area contributed by atoms with E-state index in [4.69, 9.17) is 9.47 Å². The van der Waals surface area contributed by atoms with Crippen LogP contribution in [0.4, 0.5) is 5.69 Å². The molecule has 1 aliphatic heterocycles. The standard InChI is InChI=1S/C22H28N2O3/c1-15-5-6-19(11-16(15)2)23-18-7-9-24(10-8-18)22(25)17-12-20(26-3)14-21(13-17)27-4/h5-6,11-14,18,23H,7-10H2,1-4H3. The van der Waals surface area contributed by atoms with Gasteiger partial charge >= 0.3 is 0 Å². The van der Waals surface area contributed by atoms with E-state index in [0.29, 0.717) is 23.1 Å². The Morgan fingerprint density at radius 1 is 0.963 bits per heavy atom. The fourth-order valence-electron chi connectivity index (χ4n) is 3.41. The number of piperidine rings is 1. The summed E-state index contributed by atoms with van der Waals surface area (Å²) in [5.41, 5.74) is 4.35. The first kappa shape index (κ1) is 19.1. The predicted octanol–water partition coefficient (Wildman–Crippen LogP) is 4.04. The molecule has 0 saturated carbocycles. The molecule has 0 unspecified atom stereocenters. The van der Waals surface area contributed by atoms with E-state index in [0.717, 1.165) is 31.6 Å². The number of benzene rings is 2. The lowest BCUT2D eigenvalue weighted by molar-refractivity contribution is 0.0717. The van der Waals surface area contributed by atoms with Crippen LogP contribution in [0.1, 0.15) is 34.3 Å². The van der Waals surface area contributed by atoms with Gasteiger partial charge in [-0.15, -0.1) is 0 Å². The Labute approximate surface area is 161 Å². The van der Waals surface area contributed by atoms with Crippen molar-refractivity contribution in [2.75, 3.05) is 32.6 Å². The molecule has 1 heterocycles. The van der Waals surface area contributed by atoms with E-state index in [1.807, 2.05) is 4.90 Å². The summed E-state index contributed by atoms with van der Waals surface area (Å²) < 4.78 is 10.6. The number of anilines is 1. The largest absolute Gasteiger partial charge is 0.497 e. The molecule has 2 aromatic carbocycles. The van der Waals surface area contributed by atoms with Crippen molar-refractivity contribution < 1.29 is 14.3 Å². The summed E-state index contributed by atoms with van der Waals surface area (Å²) in [6.07, 6.45) is 1.86. The van der Waals surface area contributed by atoms with Gasteiger partial charge in [0, 0.05) is 36.4 Å². The first-order valence-corrected chi connectivity index (χ1v) is 9.36. The summed E-state index contributed by atoms with van der Waals surface area (Å²) in [6.45, 7) is 5.72. The Morgan fingerprint density at radius 2 is 1.59 bits per heavy atom. The molecule has 5 nitrogen and oxygen atoms in total. The second-order valence-corrected chi connectivity index (χ2v) is 7.11. The Hall–Kier alpha value is -2.69. The van der Waals surface area contributed by atoms with Gasteiger partial charge in [0.25, 0.3) is 5.91 Å². The maximum atomic E-state index is 12.9. The lowest BCUT2D eigenvalue weighted by atomic mass is 10.0. The number of rotatable bonds is 5. The molecule has 1 saturated heterocycles. The Bertz CT molecular complexity index is 789. The molecule has 144 valence electrons. The minimum Gasteiger partial charge on any atom is -0.497 e. The SMILES string of the molecule is COc1cc(OC)cc(C(=O)N2CCC(Nc3ccc(C)c(C)c3)CC2)c1. The first-order chi connectivity index (χ1) is 13.0. The van der Waals surface area contributed by atoms with Gasteiger partial charge in [-0.2, -0.15) is 0 Å². The number of carbonyl (C=O) groups is 1. The van der Waals surface area contributed by atoms with Gasteiger partial charge in [-0.05, 0) is 62.1 Å². The van der Waals surface area contributed by atoms with E-state index in [-0.39, 0.29) is 5.91 Å². The number of carbonyl (C=O) groups excluding carboxylic acids is 1. The van der Waals surface area contributed by atoms with Gasteiger partial charge in [-0.1, -0.05) is 6.07 Å². The number of nitrogens with one attached hydrogen (secondary N) is 1. The predicted molar refractivity (Wildman–Crippen MR) is 108 cm³/mol. The van der Waals surface area contributed by atoms with Gasteiger partial charge < -0.3 is 19.7 Å². The molecule has 0 spiro atoms. The number of methoxy groups -OCH3 is 2. The third-order valence-corrected chi connectivity index (χ3v) is 5.26. The molecule has 1 aliphatic rings. The summed E-state index contributed by atoms with van der Waals surface area (Å²) in [5, 5.41) is 3.61. The van der Waals surface area contributed by atoms with Crippen molar-refractivity contribution in [1.29, 1.82) is 0 Å². The van der Waals surface area contributed by atoms with Gasteiger partial charge in [0.15, 0.2) is 0 Å². The van der Waals surface area contributed by atoms with Crippen molar-refractivity contribution >= 4 is 11.6 Å². The van der Waals surface area contributed by atoms with Gasteiger partial charge in [0.05, 0.1) is 14.2 Å². The molecule has 0 radical (unpaired) electrons. The number of likely N-dealkylation sites (tertiary alicyclic amines) is 1. The van der Waals surface area contributed by atoms with Gasteiger partial charge in [0.1, 0.15) is 11.5 Å². The van der Waals surface area contributed by atoms with E-state index in [1.54, 1.807) is 32.4 Å². The van der Waals surface area contributed by atoms with Crippen LogP contribution in [0.3, 0.4) is 0 Å². The third-order valence-electron chi connectivity index (χ3n) is 5.26. The van der Waals surface area contributed by atoms with E-state index < -0.39 is 0 Å². The monoisotopic (exact) mass is 368 g/mol. The quantitative estimate of drug-likeness (QED) is 0.865. The zero-order valence-corrected chi connectivity index (χ0v) is 16.5. The van der Waals surface area contributed by atoms with Gasteiger partial charge in [-0.25, -0.2) is 0 Å². The van der Waals surface area contributed by atoms with Crippen molar-refractivity contribution in [3.63, 3.8) is 0 Å². The number of ether oxygens (including phenoxy) is 2. The maximum Gasteiger partial charge on any atom is 0.254 e. The van der Waals surface area contributed by atoms with Crippen molar-refractivity contribution in [2.45, 2.75) is 32.7 Å². The summed E-state index contributed by atoms with van der Waals surface area (Å²) in [5.74, 6) is 1.28. The number of aryl methyl sites for hydroxylation is 2. The van der Waals surface area contributed by atoms with Crippen LogP contribution in [0.2, 0.25) is 0 Å². The molecule has 3 rings (SSSR count). The topological polar surface area (TPSA) is 50.8 Å². The zero-order valence-electron chi connectivity index (χ0n) is 16.5. The number of amides is 1. The van der Waals surface area contributed by atoms with E-state index in [2.05, 4.69) is 37.4 Å². The molecular formula is C22H28N2O3. The first-order valence-electron chi connectivity index (χ1n) is 9.36. The fourth-order valence-corrected chi connectivity index (χ4v) is 3.41. The highest BCUT2D eigenvalue weighted by atomic mass is 16.5. The summed E-state index contributed by atoms with van der Waals surface area (Å²) in [4.78, 5) is 14.8. The minimum atomic E-state index is 0.0248. The van der Waals surface area contributed by atoms with Crippen molar-refractivity contribution in [2.24, 2.45) is 0 Å². The Kier molecular flexibility index (Phi) is 5.89. The molecule has 0 aliphatic carbocycles. The van der Waals surface area contributed by atoms with Crippen LogP contribution < -0.4 is 14.8 Å². The normalized spacial score (nSPS) is 14.7. The molecular weight excluding hydrogens is 340 g/mol. The Morgan fingerprint density at radius 3 is 2.15 bits per heavy atom. The van der Waals surface area contributed by atoms with Crippen LogP contribution in [0, 0.1) is 13.8 Å². The zero-order chi connectivity index (χ0) is 19.4. The van der Waals surface area contributed by atoms with Crippen LogP contribution in [0.5, 0.6) is 11.5 Å². The van der Waals surface area contributed by atoms with Gasteiger partial charge in [-0.3, -0.25) is 4.79 Å². The van der Waals surface area contributed by atoms with E-state index in [9.17, 15) is 4.79 Å². The summed E-state index contributed by atoms with van der Waals surface area (Å²) in [6, 6.07) is 12.2. The fraction of sp³-hybridized carbons (Fsp3) is 0.409. The molecule has 0 atom stereocenters. The lowest BCUT2D eigenvalue weighted by Gasteiger charge is -2.33. The van der Waals surface area contributed by atoms with E-state index in [1.165, 1.54) is 11.1 Å². The highest BCUT2D eigenvalue weighted by Gasteiger charge is 2.24. The van der Waals surface area contributed by atoms with Crippen molar-refractivity contribution in [3.8, 4) is 11.5 Å². The minimum absolute atomic E-state index is 0.0248. The maximum absolute atomic E-state index is 12.9.